The second kappa shape index (κ2) is 7.04. The average molecular weight is 386 g/mol. The maximum atomic E-state index is 14.5. The van der Waals surface area contributed by atoms with E-state index in [9.17, 15) is 14.0 Å². The number of carbonyl (C=O) groups excluding carboxylic acids is 2. The SMILES string of the molecule is O=C1N/C(=C\c2ccc(N3CCCC3)cc2F)C(=O)N1c1cccc(Cl)c1. The summed E-state index contributed by atoms with van der Waals surface area (Å²) in [6, 6.07) is 10.8. The van der Waals surface area contributed by atoms with Crippen LogP contribution in [0.1, 0.15) is 18.4 Å². The van der Waals surface area contributed by atoms with Crippen LogP contribution in [0.3, 0.4) is 0 Å². The number of urea groups is 1. The van der Waals surface area contributed by atoms with Crippen LogP contribution in [0.2, 0.25) is 5.02 Å². The van der Waals surface area contributed by atoms with Gasteiger partial charge in [-0.25, -0.2) is 14.1 Å². The van der Waals surface area contributed by atoms with Crippen molar-refractivity contribution in [3.8, 4) is 0 Å². The van der Waals surface area contributed by atoms with Crippen molar-refractivity contribution >= 4 is 41.0 Å². The molecule has 2 heterocycles. The molecular weight excluding hydrogens is 369 g/mol. The van der Waals surface area contributed by atoms with E-state index in [-0.39, 0.29) is 11.3 Å². The smallest absolute Gasteiger partial charge is 0.333 e. The normalized spacial score (nSPS) is 18.5. The average Bonchev–Trinajstić information content (AvgIpc) is 3.26. The first-order chi connectivity index (χ1) is 13.0. The number of anilines is 2. The zero-order valence-corrected chi connectivity index (χ0v) is 15.2. The number of imide groups is 1. The summed E-state index contributed by atoms with van der Waals surface area (Å²) in [5.74, 6) is -0.986. The molecule has 1 N–H and O–H groups in total. The Balaban J connectivity index is 1.61. The summed E-state index contributed by atoms with van der Waals surface area (Å²) in [7, 11) is 0. The predicted molar refractivity (Wildman–Crippen MR) is 103 cm³/mol. The van der Waals surface area contributed by atoms with Crippen molar-refractivity contribution in [2.24, 2.45) is 0 Å². The molecule has 138 valence electrons. The molecule has 0 aliphatic carbocycles. The number of halogens is 2. The summed E-state index contributed by atoms with van der Waals surface area (Å²) in [6.45, 7) is 1.84. The molecule has 7 heteroatoms. The Labute approximate surface area is 161 Å². The maximum Gasteiger partial charge on any atom is 0.333 e. The molecule has 0 spiro atoms. The number of benzene rings is 2. The Morgan fingerprint density at radius 1 is 1.04 bits per heavy atom. The fourth-order valence-corrected chi connectivity index (χ4v) is 3.53. The number of nitrogens with one attached hydrogen (secondary N) is 1. The fourth-order valence-electron chi connectivity index (χ4n) is 3.35. The number of hydrogen-bond donors (Lipinski definition) is 1. The van der Waals surface area contributed by atoms with E-state index in [1.807, 2.05) is 6.07 Å². The Morgan fingerprint density at radius 2 is 1.81 bits per heavy atom. The van der Waals surface area contributed by atoms with Gasteiger partial charge in [-0.15, -0.1) is 0 Å². The molecule has 0 radical (unpaired) electrons. The zero-order valence-electron chi connectivity index (χ0n) is 14.4. The first-order valence-corrected chi connectivity index (χ1v) is 9.08. The number of amides is 3. The lowest BCUT2D eigenvalue weighted by molar-refractivity contribution is -0.113. The number of nitrogens with zero attached hydrogens (tertiary/aromatic N) is 2. The molecule has 0 bridgehead atoms. The lowest BCUT2D eigenvalue weighted by Crippen LogP contribution is -2.30. The van der Waals surface area contributed by atoms with Crippen LogP contribution in [0.25, 0.3) is 6.08 Å². The molecule has 2 aliphatic heterocycles. The van der Waals surface area contributed by atoms with E-state index in [0.29, 0.717) is 10.7 Å². The molecule has 4 rings (SSSR count). The molecular formula is C20H17ClFN3O2. The van der Waals surface area contributed by atoms with E-state index < -0.39 is 17.8 Å². The third kappa shape index (κ3) is 3.40. The van der Waals surface area contributed by atoms with Crippen LogP contribution in [0.15, 0.2) is 48.2 Å². The molecule has 27 heavy (non-hydrogen) atoms. The van der Waals surface area contributed by atoms with Gasteiger partial charge in [-0.1, -0.05) is 17.7 Å². The van der Waals surface area contributed by atoms with Gasteiger partial charge in [-0.05, 0) is 55.3 Å². The summed E-state index contributed by atoms with van der Waals surface area (Å²) >= 11 is 5.94. The van der Waals surface area contributed by atoms with Crippen LogP contribution in [0, 0.1) is 5.82 Å². The first-order valence-electron chi connectivity index (χ1n) is 8.70. The molecule has 2 aliphatic rings. The van der Waals surface area contributed by atoms with Crippen LogP contribution in [0.4, 0.5) is 20.6 Å². The highest BCUT2D eigenvalue weighted by atomic mass is 35.5. The molecule has 0 aromatic heterocycles. The van der Waals surface area contributed by atoms with Gasteiger partial charge in [-0.3, -0.25) is 4.79 Å². The molecule has 0 unspecified atom stereocenters. The van der Waals surface area contributed by atoms with Crippen LogP contribution < -0.4 is 15.1 Å². The largest absolute Gasteiger partial charge is 0.371 e. The van der Waals surface area contributed by atoms with Crippen molar-refractivity contribution in [1.82, 2.24) is 5.32 Å². The van der Waals surface area contributed by atoms with Gasteiger partial charge in [0.25, 0.3) is 5.91 Å². The van der Waals surface area contributed by atoms with Crippen molar-refractivity contribution in [2.75, 3.05) is 22.9 Å². The van der Waals surface area contributed by atoms with Gasteiger partial charge in [0.1, 0.15) is 11.5 Å². The Bertz CT molecular complexity index is 954. The van der Waals surface area contributed by atoms with Crippen LogP contribution in [0.5, 0.6) is 0 Å². The fraction of sp³-hybridized carbons (Fsp3) is 0.200. The lowest BCUT2D eigenvalue weighted by Gasteiger charge is -2.17. The topological polar surface area (TPSA) is 52.7 Å². The molecule has 0 saturated carbocycles. The summed E-state index contributed by atoms with van der Waals surface area (Å²) in [5.41, 5.74) is 1.45. The highest BCUT2D eigenvalue weighted by Crippen LogP contribution is 2.27. The minimum Gasteiger partial charge on any atom is -0.371 e. The third-order valence-corrected chi connectivity index (χ3v) is 4.93. The quantitative estimate of drug-likeness (QED) is 0.637. The van der Waals surface area contributed by atoms with Crippen LogP contribution >= 0.6 is 11.6 Å². The molecule has 2 aromatic rings. The lowest BCUT2D eigenvalue weighted by atomic mass is 10.1. The van der Waals surface area contributed by atoms with Crippen LogP contribution in [-0.2, 0) is 4.79 Å². The van der Waals surface area contributed by atoms with Crippen molar-refractivity contribution in [3.05, 3.63) is 64.6 Å². The van der Waals surface area contributed by atoms with Crippen LogP contribution in [-0.4, -0.2) is 25.0 Å². The van der Waals surface area contributed by atoms with Gasteiger partial charge in [0.15, 0.2) is 0 Å². The predicted octanol–water partition coefficient (Wildman–Crippen LogP) is 4.18. The molecule has 3 amide bonds. The second-order valence-electron chi connectivity index (χ2n) is 6.51. The summed E-state index contributed by atoms with van der Waals surface area (Å²) in [6.07, 6.45) is 3.56. The van der Waals surface area contributed by atoms with Gasteiger partial charge >= 0.3 is 6.03 Å². The number of rotatable bonds is 3. The molecule has 0 atom stereocenters. The standard InChI is InChI=1S/C20H17ClFN3O2/c21-14-4-3-5-16(11-14)25-19(26)18(23-20(25)27)10-13-6-7-15(12-17(13)22)24-8-1-2-9-24/h3-7,10-12H,1-2,8-9H2,(H,23,27)/b18-10-. The summed E-state index contributed by atoms with van der Waals surface area (Å²) < 4.78 is 14.5. The van der Waals surface area contributed by atoms with Crippen molar-refractivity contribution < 1.29 is 14.0 Å². The summed E-state index contributed by atoms with van der Waals surface area (Å²) in [4.78, 5) is 27.9. The zero-order chi connectivity index (χ0) is 19.0. The van der Waals surface area contributed by atoms with E-state index in [2.05, 4.69) is 10.2 Å². The minimum absolute atomic E-state index is 0.0211. The van der Waals surface area contributed by atoms with E-state index >= 15 is 0 Å². The maximum absolute atomic E-state index is 14.5. The highest BCUT2D eigenvalue weighted by Gasteiger charge is 2.35. The van der Waals surface area contributed by atoms with E-state index in [0.717, 1.165) is 36.5 Å². The minimum atomic E-state index is -0.595. The van der Waals surface area contributed by atoms with Crippen molar-refractivity contribution in [1.29, 1.82) is 0 Å². The molecule has 2 fully saturated rings. The van der Waals surface area contributed by atoms with Gasteiger partial charge in [0, 0.05) is 29.4 Å². The third-order valence-electron chi connectivity index (χ3n) is 4.70. The molecule has 2 saturated heterocycles. The molecule has 2 aromatic carbocycles. The number of carbonyl (C=O) groups is 2. The van der Waals surface area contributed by atoms with Gasteiger partial charge in [0.2, 0.25) is 0 Å². The first kappa shape index (κ1) is 17.5. The monoisotopic (exact) mass is 385 g/mol. The van der Waals surface area contributed by atoms with E-state index in [1.165, 1.54) is 18.2 Å². The van der Waals surface area contributed by atoms with Gasteiger partial charge in [-0.2, -0.15) is 0 Å². The van der Waals surface area contributed by atoms with E-state index in [1.54, 1.807) is 24.3 Å². The second-order valence-corrected chi connectivity index (χ2v) is 6.95. The van der Waals surface area contributed by atoms with Crippen molar-refractivity contribution in [2.45, 2.75) is 12.8 Å². The van der Waals surface area contributed by atoms with Gasteiger partial charge < -0.3 is 10.2 Å². The highest BCUT2D eigenvalue weighted by molar-refractivity contribution is 6.32. The van der Waals surface area contributed by atoms with Crippen molar-refractivity contribution in [3.63, 3.8) is 0 Å². The van der Waals surface area contributed by atoms with E-state index in [4.69, 9.17) is 11.6 Å². The Hall–Kier alpha value is -2.86. The Kier molecular flexibility index (Phi) is 4.58. The summed E-state index contributed by atoms with van der Waals surface area (Å²) in [5, 5.41) is 2.91. The van der Waals surface area contributed by atoms with Gasteiger partial charge in [0.05, 0.1) is 5.69 Å². The molecule has 5 nitrogen and oxygen atoms in total. The number of hydrogen-bond acceptors (Lipinski definition) is 3. The Morgan fingerprint density at radius 3 is 2.52 bits per heavy atom.